The van der Waals surface area contributed by atoms with Crippen molar-refractivity contribution in [2.24, 2.45) is 0 Å². The molecule has 0 amide bonds. The van der Waals surface area contributed by atoms with Crippen LogP contribution in [0, 0.1) is 6.92 Å². The van der Waals surface area contributed by atoms with Gasteiger partial charge in [0.25, 0.3) is 0 Å². The summed E-state index contributed by atoms with van der Waals surface area (Å²) in [6.07, 6.45) is 0. The van der Waals surface area contributed by atoms with E-state index >= 15 is 0 Å². The number of benzene rings is 1. The number of hydrogen-bond donors (Lipinski definition) is 1. The van der Waals surface area contributed by atoms with Gasteiger partial charge in [-0.15, -0.1) is 22.7 Å². The first-order valence-electron chi connectivity index (χ1n) is 6.34. The third-order valence-corrected chi connectivity index (χ3v) is 5.89. The Hall–Kier alpha value is -1.10. The third-order valence-electron chi connectivity index (χ3n) is 3.18. The lowest BCUT2D eigenvalue weighted by atomic mass is 10.2. The average Bonchev–Trinajstić information content (AvgIpc) is 3.10. The molecule has 1 aromatic carbocycles. The highest BCUT2D eigenvalue weighted by atomic mass is 79.9. The van der Waals surface area contributed by atoms with Crippen LogP contribution in [-0.4, -0.2) is 0 Å². The maximum Gasteiger partial charge on any atom is 0.0494 e. The predicted octanol–water partition coefficient (Wildman–Crippen LogP) is 6.16. The predicted molar refractivity (Wildman–Crippen MR) is 93.8 cm³/mol. The molecule has 1 nitrogen and oxygen atoms in total. The van der Waals surface area contributed by atoms with Gasteiger partial charge in [-0.05, 0) is 47.5 Å². The fourth-order valence-corrected chi connectivity index (χ4v) is 4.01. The first kappa shape index (κ1) is 13.9. The van der Waals surface area contributed by atoms with Crippen LogP contribution in [0.4, 0.5) is 5.69 Å². The SMILES string of the molecule is Cc1c(Br)cccc1NCc1cc(-c2cccs2)cs1. The molecule has 102 valence electrons. The maximum absolute atomic E-state index is 3.57. The van der Waals surface area contributed by atoms with Crippen LogP contribution in [0.1, 0.15) is 10.4 Å². The van der Waals surface area contributed by atoms with Crippen LogP contribution in [0.2, 0.25) is 0 Å². The molecule has 0 saturated carbocycles. The molecule has 2 heterocycles. The lowest BCUT2D eigenvalue weighted by Gasteiger charge is -2.09. The van der Waals surface area contributed by atoms with Gasteiger partial charge in [0, 0.05) is 32.0 Å². The first-order valence-corrected chi connectivity index (χ1v) is 8.89. The van der Waals surface area contributed by atoms with E-state index in [1.165, 1.54) is 26.6 Å². The summed E-state index contributed by atoms with van der Waals surface area (Å²) in [5, 5.41) is 7.87. The molecule has 4 heteroatoms. The molecule has 3 aromatic rings. The van der Waals surface area contributed by atoms with Gasteiger partial charge in [-0.1, -0.05) is 28.1 Å². The minimum absolute atomic E-state index is 0.868. The molecule has 1 N–H and O–H groups in total. The second kappa shape index (κ2) is 6.12. The monoisotopic (exact) mass is 363 g/mol. The highest BCUT2D eigenvalue weighted by Gasteiger charge is 2.05. The molecule has 0 radical (unpaired) electrons. The topological polar surface area (TPSA) is 12.0 Å². The second-order valence-electron chi connectivity index (χ2n) is 4.54. The van der Waals surface area contributed by atoms with Gasteiger partial charge in [0.2, 0.25) is 0 Å². The van der Waals surface area contributed by atoms with Gasteiger partial charge in [-0.2, -0.15) is 0 Å². The molecule has 3 rings (SSSR count). The molecule has 2 aromatic heterocycles. The normalized spacial score (nSPS) is 10.7. The van der Waals surface area contributed by atoms with E-state index in [9.17, 15) is 0 Å². The third kappa shape index (κ3) is 2.97. The van der Waals surface area contributed by atoms with E-state index in [0.29, 0.717) is 0 Å². The molecule has 0 fully saturated rings. The summed E-state index contributed by atoms with van der Waals surface area (Å²) in [7, 11) is 0. The highest BCUT2D eigenvalue weighted by Crippen LogP contribution is 2.30. The van der Waals surface area contributed by atoms with E-state index < -0.39 is 0 Å². The summed E-state index contributed by atoms with van der Waals surface area (Å²) in [4.78, 5) is 2.69. The van der Waals surface area contributed by atoms with Crippen molar-refractivity contribution in [3.05, 3.63) is 62.1 Å². The van der Waals surface area contributed by atoms with Crippen molar-refractivity contribution in [2.45, 2.75) is 13.5 Å². The largest absolute Gasteiger partial charge is 0.380 e. The highest BCUT2D eigenvalue weighted by molar-refractivity contribution is 9.10. The van der Waals surface area contributed by atoms with Gasteiger partial charge in [0.05, 0.1) is 0 Å². The van der Waals surface area contributed by atoms with Crippen molar-refractivity contribution in [2.75, 3.05) is 5.32 Å². The van der Waals surface area contributed by atoms with E-state index in [1.807, 2.05) is 11.3 Å². The molecule has 0 spiro atoms. The van der Waals surface area contributed by atoms with Crippen molar-refractivity contribution in [3.8, 4) is 10.4 Å². The van der Waals surface area contributed by atoms with E-state index in [1.54, 1.807) is 11.3 Å². The molecule has 0 aliphatic heterocycles. The van der Waals surface area contributed by atoms with Crippen LogP contribution in [-0.2, 0) is 6.54 Å². The first-order chi connectivity index (χ1) is 9.74. The molecule has 0 unspecified atom stereocenters. The van der Waals surface area contributed by atoms with Crippen molar-refractivity contribution in [1.29, 1.82) is 0 Å². The van der Waals surface area contributed by atoms with Gasteiger partial charge in [-0.25, -0.2) is 0 Å². The number of anilines is 1. The zero-order valence-corrected chi connectivity index (χ0v) is 14.2. The Morgan fingerprint density at radius 2 is 2.05 bits per heavy atom. The lowest BCUT2D eigenvalue weighted by Crippen LogP contribution is -1.99. The number of thiophene rings is 2. The van der Waals surface area contributed by atoms with Crippen LogP contribution in [0.15, 0.2) is 51.6 Å². The van der Waals surface area contributed by atoms with E-state index in [2.05, 4.69) is 75.3 Å². The summed E-state index contributed by atoms with van der Waals surface area (Å²) in [5.41, 5.74) is 3.76. The second-order valence-corrected chi connectivity index (χ2v) is 7.34. The van der Waals surface area contributed by atoms with Crippen molar-refractivity contribution < 1.29 is 0 Å². The fourth-order valence-electron chi connectivity index (χ4n) is 2.03. The van der Waals surface area contributed by atoms with Crippen molar-refractivity contribution in [1.82, 2.24) is 0 Å². The number of hydrogen-bond acceptors (Lipinski definition) is 3. The quantitative estimate of drug-likeness (QED) is 0.585. The van der Waals surface area contributed by atoms with Crippen molar-refractivity contribution >= 4 is 44.3 Å². The Balaban J connectivity index is 1.71. The standard InChI is InChI=1S/C16H14BrNS2/c1-11-14(17)4-2-5-15(11)18-9-13-8-12(10-20-13)16-6-3-7-19-16/h2-8,10,18H,9H2,1H3. The summed E-state index contributed by atoms with van der Waals surface area (Å²) in [6.45, 7) is 2.99. The minimum Gasteiger partial charge on any atom is -0.380 e. The summed E-state index contributed by atoms with van der Waals surface area (Å²) < 4.78 is 1.15. The van der Waals surface area contributed by atoms with E-state index in [-0.39, 0.29) is 0 Å². The van der Waals surface area contributed by atoms with Crippen molar-refractivity contribution in [3.63, 3.8) is 0 Å². The van der Waals surface area contributed by atoms with Crippen LogP contribution in [0.25, 0.3) is 10.4 Å². The summed E-state index contributed by atoms with van der Waals surface area (Å²) >= 11 is 7.16. The Labute approximate surface area is 135 Å². The number of rotatable bonds is 4. The molecule has 0 saturated heterocycles. The van der Waals surface area contributed by atoms with Gasteiger partial charge in [0.1, 0.15) is 0 Å². The molecule has 0 atom stereocenters. The Kier molecular flexibility index (Phi) is 4.24. The molecular weight excluding hydrogens is 350 g/mol. The van der Waals surface area contributed by atoms with Crippen LogP contribution in [0.3, 0.4) is 0 Å². The molecule has 20 heavy (non-hydrogen) atoms. The average molecular weight is 364 g/mol. The Bertz CT molecular complexity index is 701. The molecule has 0 aliphatic rings. The van der Waals surface area contributed by atoms with Gasteiger partial charge in [0.15, 0.2) is 0 Å². The molecule has 0 bridgehead atoms. The fraction of sp³-hybridized carbons (Fsp3) is 0.125. The summed E-state index contributed by atoms with van der Waals surface area (Å²) in [6, 6.07) is 12.8. The summed E-state index contributed by atoms with van der Waals surface area (Å²) in [5.74, 6) is 0. The van der Waals surface area contributed by atoms with Crippen LogP contribution >= 0.6 is 38.6 Å². The number of halogens is 1. The lowest BCUT2D eigenvalue weighted by molar-refractivity contribution is 1.18. The smallest absolute Gasteiger partial charge is 0.0494 e. The molecule has 0 aliphatic carbocycles. The zero-order chi connectivity index (χ0) is 13.9. The maximum atomic E-state index is 3.57. The van der Waals surface area contributed by atoms with E-state index in [4.69, 9.17) is 0 Å². The van der Waals surface area contributed by atoms with Crippen LogP contribution < -0.4 is 5.32 Å². The number of nitrogens with one attached hydrogen (secondary N) is 1. The van der Waals surface area contributed by atoms with E-state index in [0.717, 1.165) is 11.0 Å². The van der Waals surface area contributed by atoms with Gasteiger partial charge >= 0.3 is 0 Å². The zero-order valence-electron chi connectivity index (χ0n) is 11.0. The van der Waals surface area contributed by atoms with Crippen LogP contribution in [0.5, 0.6) is 0 Å². The minimum atomic E-state index is 0.868. The van der Waals surface area contributed by atoms with Gasteiger partial charge < -0.3 is 5.32 Å². The molecular formula is C16H14BrNS2. The Morgan fingerprint density at radius 3 is 2.85 bits per heavy atom. The van der Waals surface area contributed by atoms with Gasteiger partial charge in [-0.3, -0.25) is 0 Å². The Morgan fingerprint density at radius 1 is 1.15 bits per heavy atom.